The van der Waals surface area contributed by atoms with Crippen LogP contribution in [-0.4, -0.2) is 44.6 Å². The summed E-state index contributed by atoms with van der Waals surface area (Å²) in [5.41, 5.74) is 0. The third kappa shape index (κ3) is 8.70. The minimum atomic E-state index is 0.967. The van der Waals surface area contributed by atoms with Crippen molar-refractivity contribution in [3.05, 3.63) is 0 Å². The van der Waals surface area contributed by atoms with E-state index < -0.39 is 0 Å². The van der Waals surface area contributed by atoms with Crippen molar-refractivity contribution in [2.75, 3.05) is 26.2 Å². The first-order valence-electron chi connectivity index (χ1n) is 7.52. The molecule has 0 aliphatic rings. The molecular formula is C14H28N2S4. The summed E-state index contributed by atoms with van der Waals surface area (Å²) < 4.78 is 1.93. The topological polar surface area (TPSA) is 6.48 Å². The Kier molecular flexibility index (Phi) is 13.5. The van der Waals surface area contributed by atoms with E-state index >= 15 is 0 Å². The largest absolute Gasteiger partial charge is 0.357 e. The van der Waals surface area contributed by atoms with E-state index in [1.165, 1.54) is 0 Å². The second-order valence-electron chi connectivity index (χ2n) is 4.67. The minimum absolute atomic E-state index is 0.967. The Bertz CT molecular complexity index is 244. The van der Waals surface area contributed by atoms with Crippen molar-refractivity contribution in [2.45, 2.75) is 53.4 Å². The molecule has 0 aromatic heterocycles. The molecule has 20 heavy (non-hydrogen) atoms. The normalized spacial score (nSPS) is 10.4. The van der Waals surface area contributed by atoms with E-state index in [0.29, 0.717) is 0 Å². The maximum absolute atomic E-state index is 5.53. The van der Waals surface area contributed by atoms with Gasteiger partial charge in [0, 0.05) is 26.2 Å². The van der Waals surface area contributed by atoms with Gasteiger partial charge >= 0.3 is 0 Å². The molecule has 0 spiro atoms. The van der Waals surface area contributed by atoms with E-state index in [0.717, 1.165) is 60.5 Å². The van der Waals surface area contributed by atoms with E-state index in [9.17, 15) is 0 Å². The van der Waals surface area contributed by atoms with E-state index in [1.807, 2.05) is 0 Å². The van der Waals surface area contributed by atoms with Gasteiger partial charge in [0.05, 0.1) is 0 Å². The van der Waals surface area contributed by atoms with Crippen LogP contribution in [0.2, 0.25) is 0 Å². The van der Waals surface area contributed by atoms with Crippen molar-refractivity contribution in [1.82, 2.24) is 9.80 Å². The Morgan fingerprint density at radius 3 is 1.10 bits per heavy atom. The molecule has 0 saturated heterocycles. The Morgan fingerprint density at radius 2 is 0.900 bits per heavy atom. The highest BCUT2D eigenvalue weighted by atomic mass is 33.1. The van der Waals surface area contributed by atoms with Gasteiger partial charge in [-0.05, 0) is 47.3 Å². The zero-order valence-corrected chi connectivity index (χ0v) is 16.5. The van der Waals surface area contributed by atoms with Gasteiger partial charge in [0.2, 0.25) is 0 Å². The molecule has 0 bridgehead atoms. The molecule has 0 N–H and O–H groups in total. The monoisotopic (exact) mass is 352 g/mol. The Morgan fingerprint density at radius 1 is 0.650 bits per heavy atom. The van der Waals surface area contributed by atoms with E-state index in [4.69, 9.17) is 24.4 Å². The molecular weight excluding hydrogens is 324 g/mol. The third-order valence-corrected chi connectivity index (χ3v) is 6.41. The van der Waals surface area contributed by atoms with Gasteiger partial charge in [-0.3, -0.25) is 0 Å². The lowest BCUT2D eigenvalue weighted by Gasteiger charge is -2.26. The molecule has 0 saturated carbocycles. The molecule has 0 unspecified atom stereocenters. The number of hydrogen-bond acceptors (Lipinski definition) is 4. The van der Waals surface area contributed by atoms with Gasteiger partial charge in [0.15, 0.2) is 0 Å². The molecule has 0 fully saturated rings. The van der Waals surface area contributed by atoms with Crippen molar-refractivity contribution in [2.24, 2.45) is 0 Å². The predicted molar refractivity (Wildman–Crippen MR) is 105 cm³/mol. The SMILES string of the molecule is CCCN(CCC)C(=S)SSC(=S)N(CCC)CCC. The Hall–Kier alpha value is 0.480. The summed E-state index contributed by atoms with van der Waals surface area (Å²) in [4.78, 5) is 4.58. The second kappa shape index (κ2) is 13.2. The van der Waals surface area contributed by atoms with Crippen LogP contribution in [0.5, 0.6) is 0 Å². The fraction of sp³-hybridized carbons (Fsp3) is 0.857. The summed E-state index contributed by atoms with van der Waals surface area (Å²) in [5.74, 6) is 0. The van der Waals surface area contributed by atoms with Crippen LogP contribution in [0.3, 0.4) is 0 Å². The highest BCUT2D eigenvalue weighted by Crippen LogP contribution is 2.28. The quantitative estimate of drug-likeness (QED) is 0.435. The van der Waals surface area contributed by atoms with Gasteiger partial charge in [-0.25, -0.2) is 0 Å². The van der Waals surface area contributed by atoms with Crippen LogP contribution in [-0.2, 0) is 0 Å². The summed E-state index contributed by atoms with van der Waals surface area (Å²) in [6.07, 6.45) is 4.53. The molecule has 0 radical (unpaired) electrons. The van der Waals surface area contributed by atoms with E-state index in [-0.39, 0.29) is 0 Å². The zero-order valence-electron chi connectivity index (χ0n) is 13.2. The number of rotatable bonds is 8. The molecule has 0 rings (SSSR count). The minimum Gasteiger partial charge on any atom is -0.357 e. The standard InChI is InChI=1S/C14H28N2S4/c1-5-9-15(10-6-2)13(17)19-20-14(18)16(11-7-3)12-8-4/h5-12H2,1-4H3. The Balaban J connectivity index is 4.27. The lowest BCUT2D eigenvalue weighted by Crippen LogP contribution is -2.30. The summed E-state index contributed by atoms with van der Waals surface area (Å²) in [5, 5.41) is 0. The molecule has 118 valence electrons. The zero-order chi connectivity index (χ0) is 15.4. The van der Waals surface area contributed by atoms with Crippen LogP contribution in [0.4, 0.5) is 0 Å². The highest BCUT2D eigenvalue weighted by Gasteiger charge is 2.13. The van der Waals surface area contributed by atoms with Crippen LogP contribution in [0.1, 0.15) is 53.4 Å². The first-order valence-corrected chi connectivity index (χ1v) is 10.5. The Labute approximate surface area is 143 Å². The molecule has 2 nitrogen and oxygen atoms in total. The second-order valence-corrected chi connectivity index (χ2v) is 8.07. The van der Waals surface area contributed by atoms with Crippen LogP contribution in [0.25, 0.3) is 0 Å². The lowest BCUT2D eigenvalue weighted by molar-refractivity contribution is 0.430. The molecule has 0 heterocycles. The number of thiocarbonyl (C=S) groups is 2. The van der Waals surface area contributed by atoms with Crippen molar-refractivity contribution in [3.8, 4) is 0 Å². The average Bonchev–Trinajstić information content (AvgIpc) is 2.44. The fourth-order valence-corrected chi connectivity index (χ4v) is 4.60. The molecule has 0 aromatic carbocycles. The molecule has 0 amide bonds. The van der Waals surface area contributed by atoms with Crippen molar-refractivity contribution in [1.29, 1.82) is 0 Å². The lowest BCUT2D eigenvalue weighted by atomic mass is 10.4. The van der Waals surface area contributed by atoms with E-state index in [1.54, 1.807) is 21.6 Å². The van der Waals surface area contributed by atoms with Gasteiger partial charge in [-0.1, -0.05) is 52.1 Å². The smallest absolute Gasteiger partial charge is 0.147 e. The van der Waals surface area contributed by atoms with Crippen LogP contribution in [0, 0.1) is 0 Å². The third-order valence-electron chi connectivity index (χ3n) is 2.67. The van der Waals surface area contributed by atoms with Gasteiger partial charge in [0.25, 0.3) is 0 Å². The molecule has 0 aliphatic heterocycles. The summed E-state index contributed by atoms with van der Waals surface area (Å²) in [7, 11) is 3.29. The summed E-state index contributed by atoms with van der Waals surface area (Å²) in [6, 6.07) is 0. The predicted octanol–water partition coefficient (Wildman–Crippen LogP) is 5.18. The van der Waals surface area contributed by atoms with Crippen molar-refractivity contribution < 1.29 is 0 Å². The number of hydrogen-bond donors (Lipinski definition) is 0. The molecule has 0 aromatic rings. The molecule has 6 heteroatoms. The maximum atomic E-state index is 5.53. The van der Waals surface area contributed by atoms with Gasteiger partial charge in [0.1, 0.15) is 8.64 Å². The van der Waals surface area contributed by atoms with Crippen molar-refractivity contribution >= 4 is 54.7 Å². The molecule has 0 atom stereocenters. The van der Waals surface area contributed by atoms with Crippen LogP contribution in [0.15, 0.2) is 0 Å². The summed E-state index contributed by atoms with van der Waals surface area (Å²) >= 11 is 11.1. The molecule has 0 aliphatic carbocycles. The van der Waals surface area contributed by atoms with Crippen LogP contribution >= 0.6 is 46.0 Å². The average molecular weight is 353 g/mol. The highest BCUT2D eigenvalue weighted by molar-refractivity contribution is 8.89. The van der Waals surface area contributed by atoms with Gasteiger partial charge in [-0.2, -0.15) is 0 Å². The van der Waals surface area contributed by atoms with E-state index in [2.05, 4.69) is 37.5 Å². The maximum Gasteiger partial charge on any atom is 0.147 e. The van der Waals surface area contributed by atoms with Crippen LogP contribution < -0.4 is 0 Å². The summed E-state index contributed by atoms with van der Waals surface area (Å²) in [6.45, 7) is 12.9. The number of nitrogens with zero attached hydrogens (tertiary/aromatic N) is 2. The van der Waals surface area contributed by atoms with Gasteiger partial charge < -0.3 is 9.80 Å². The first-order chi connectivity index (χ1) is 9.60. The van der Waals surface area contributed by atoms with Gasteiger partial charge in [-0.15, -0.1) is 0 Å². The van der Waals surface area contributed by atoms with Crippen molar-refractivity contribution in [3.63, 3.8) is 0 Å². The first kappa shape index (κ1) is 20.5. The fourth-order valence-electron chi connectivity index (χ4n) is 1.85.